The number of halogens is 3. The molecule has 0 aliphatic rings. The van der Waals surface area contributed by atoms with Crippen LogP contribution >= 0.6 is 0 Å². The summed E-state index contributed by atoms with van der Waals surface area (Å²) < 4.78 is 43.6. The fourth-order valence-electron chi connectivity index (χ4n) is 0.577. The number of hydrogen-bond donors (Lipinski definition) is 0. The third-order valence-corrected chi connectivity index (χ3v) is 1.20. The van der Waals surface area contributed by atoms with Crippen LogP contribution in [0.3, 0.4) is 0 Å². The third-order valence-electron chi connectivity index (χ3n) is 1.20. The van der Waals surface area contributed by atoms with Crippen LogP contribution in [0, 0.1) is 0 Å². The van der Waals surface area contributed by atoms with Crippen LogP contribution in [0.5, 0.6) is 0 Å². The minimum atomic E-state index is -2.47. The maximum absolute atomic E-state index is 12.1. The summed E-state index contributed by atoms with van der Waals surface area (Å²) in [5.41, 5.74) is 0. The minimum Gasteiger partial charge on any atom is -0.458 e. The lowest BCUT2D eigenvalue weighted by Crippen LogP contribution is -2.20. The molecule has 0 saturated carbocycles. The molecule has 0 heterocycles. The van der Waals surface area contributed by atoms with Crippen molar-refractivity contribution in [2.75, 3.05) is 13.2 Å². The van der Waals surface area contributed by atoms with Gasteiger partial charge in [0.05, 0.1) is 13.2 Å². The van der Waals surface area contributed by atoms with Gasteiger partial charge in [0.25, 0.3) is 0 Å². The van der Waals surface area contributed by atoms with E-state index in [0.29, 0.717) is 0 Å². The van der Waals surface area contributed by atoms with E-state index in [9.17, 15) is 22.8 Å². The van der Waals surface area contributed by atoms with E-state index in [1.54, 1.807) is 0 Å². The second kappa shape index (κ2) is 6.86. The molecule has 0 radical (unpaired) electrons. The molecule has 7 heteroatoms. The molecule has 0 spiro atoms. The Bertz CT molecular complexity index is 271. The lowest BCUT2D eigenvalue weighted by molar-refractivity contribution is -0.167. The van der Waals surface area contributed by atoms with Gasteiger partial charge in [-0.2, -0.15) is 8.78 Å². The third kappa shape index (κ3) is 5.71. The number of hydrogen-bond acceptors (Lipinski definition) is 4. The molecule has 0 rings (SSSR count). The van der Waals surface area contributed by atoms with Crippen molar-refractivity contribution < 1.29 is 32.2 Å². The molecular weight excluding hydrogens is 217 g/mol. The van der Waals surface area contributed by atoms with E-state index in [1.165, 1.54) is 6.92 Å². The van der Waals surface area contributed by atoms with Crippen LogP contribution in [0.15, 0.2) is 11.9 Å². The normalized spacial score (nSPS) is 9.33. The average Bonchev–Trinajstić information content (AvgIpc) is 2.17. The van der Waals surface area contributed by atoms with Gasteiger partial charge in [0.15, 0.2) is 5.83 Å². The zero-order valence-electron chi connectivity index (χ0n) is 7.89. The molecule has 0 atom stereocenters. The molecule has 0 aliphatic carbocycles. The van der Waals surface area contributed by atoms with E-state index >= 15 is 0 Å². The van der Waals surface area contributed by atoms with Gasteiger partial charge in [0.2, 0.25) is 0 Å². The smallest absolute Gasteiger partial charge is 0.417 e. The zero-order chi connectivity index (χ0) is 11.8. The predicted molar refractivity (Wildman–Crippen MR) is 42.6 cm³/mol. The van der Waals surface area contributed by atoms with Crippen molar-refractivity contribution in [2.24, 2.45) is 0 Å². The Labute approximate surface area is 83.7 Å². The molecule has 86 valence electrons. The van der Waals surface area contributed by atoms with Crippen LogP contribution in [0.2, 0.25) is 0 Å². The van der Waals surface area contributed by atoms with Crippen molar-refractivity contribution in [2.45, 2.75) is 13.3 Å². The Morgan fingerprint density at radius 1 is 1.07 bits per heavy atom. The monoisotopic (exact) mass is 226 g/mol. The number of carbonyl (C=O) groups is 2. The quantitative estimate of drug-likeness (QED) is 0.539. The molecular formula is C8H9F3O4. The van der Waals surface area contributed by atoms with E-state index in [-0.39, 0.29) is 6.61 Å². The SMILES string of the molecule is CCOC(=O)C(=O)OCCC(F)=C(F)F. The summed E-state index contributed by atoms with van der Waals surface area (Å²) in [5.74, 6) is -4.24. The summed E-state index contributed by atoms with van der Waals surface area (Å²) >= 11 is 0. The van der Waals surface area contributed by atoms with E-state index in [1.807, 2.05) is 0 Å². The molecule has 0 saturated heterocycles. The Morgan fingerprint density at radius 3 is 2.07 bits per heavy atom. The van der Waals surface area contributed by atoms with Crippen molar-refractivity contribution in [1.82, 2.24) is 0 Å². The van der Waals surface area contributed by atoms with Crippen molar-refractivity contribution in [1.29, 1.82) is 0 Å². The Hall–Kier alpha value is -1.53. The first kappa shape index (κ1) is 13.5. The summed E-state index contributed by atoms with van der Waals surface area (Å²) in [5, 5.41) is 0. The number of rotatable bonds is 4. The van der Waals surface area contributed by atoms with Crippen LogP contribution in [0.1, 0.15) is 13.3 Å². The molecule has 0 aromatic heterocycles. The van der Waals surface area contributed by atoms with E-state index < -0.39 is 36.9 Å². The minimum absolute atomic E-state index is 0.0126. The maximum Gasteiger partial charge on any atom is 0.417 e. The summed E-state index contributed by atoms with van der Waals surface area (Å²) in [6, 6.07) is 0. The first-order chi connectivity index (χ1) is 6.99. The number of esters is 2. The fraction of sp³-hybridized carbons (Fsp3) is 0.500. The summed E-state index contributed by atoms with van der Waals surface area (Å²) in [6.07, 6.45) is -3.24. The van der Waals surface area contributed by atoms with Gasteiger partial charge in [-0.05, 0) is 6.92 Å². The molecule has 4 nitrogen and oxygen atoms in total. The predicted octanol–water partition coefficient (Wildman–Crippen LogP) is 1.56. The Balaban J connectivity index is 3.83. The lowest BCUT2D eigenvalue weighted by atomic mass is 10.4. The van der Waals surface area contributed by atoms with Gasteiger partial charge in [-0.15, -0.1) is 0 Å². The van der Waals surface area contributed by atoms with Gasteiger partial charge < -0.3 is 9.47 Å². The molecule has 0 amide bonds. The summed E-state index contributed by atoms with van der Waals surface area (Å²) in [6.45, 7) is 0.828. The molecule has 0 aliphatic heterocycles. The molecule has 0 N–H and O–H groups in total. The molecule has 0 aromatic rings. The molecule has 0 bridgehead atoms. The summed E-state index contributed by atoms with van der Waals surface area (Å²) in [4.78, 5) is 21.3. The second-order valence-corrected chi connectivity index (χ2v) is 2.27. The second-order valence-electron chi connectivity index (χ2n) is 2.27. The topological polar surface area (TPSA) is 52.6 Å². The van der Waals surface area contributed by atoms with Crippen LogP contribution in [0.25, 0.3) is 0 Å². The summed E-state index contributed by atoms with van der Waals surface area (Å²) in [7, 11) is 0. The van der Waals surface area contributed by atoms with Crippen molar-refractivity contribution >= 4 is 11.9 Å². The molecule has 15 heavy (non-hydrogen) atoms. The highest BCUT2D eigenvalue weighted by Crippen LogP contribution is 2.12. The maximum atomic E-state index is 12.1. The molecule has 0 unspecified atom stereocenters. The zero-order valence-corrected chi connectivity index (χ0v) is 7.89. The highest BCUT2D eigenvalue weighted by Gasteiger charge is 2.16. The first-order valence-electron chi connectivity index (χ1n) is 4.02. The highest BCUT2D eigenvalue weighted by atomic mass is 19.3. The lowest BCUT2D eigenvalue weighted by Gasteiger charge is -2.02. The Morgan fingerprint density at radius 2 is 1.60 bits per heavy atom. The van der Waals surface area contributed by atoms with E-state index in [4.69, 9.17) is 0 Å². The fourth-order valence-corrected chi connectivity index (χ4v) is 0.577. The van der Waals surface area contributed by atoms with Crippen LogP contribution in [-0.2, 0) is 19.1 Å². The van der Waals surface area contributed by atoms with Gasteiger partial charge in [-0.25, -0.2) is 14.0 Å². The van der Waals surface area contributed by atoms with Crippen LogP contribution < -0.4 is 0 Å². The Kier molecular flexibility index (Phi) is 6.16. The van der Waals surface area contributed by atoms with E-state index in [0.717, 1.165) is 0 Å². The number of carbonyl (C=O) groups excluding carboxylic acids is 2. The standard InChI is InChI=1S/C8H9F3O4/c1-2-14-7(12)8(13)15-4-3-5(9)6(10)11/h2-4H2,1H3. The average molecular weight is 226 g/mol. The van der Waals surface area contributed by atoms with Crippen LogP contribution in [0.4, 0.5) is 13.2 Å². The number of ether oxygens (including phenoxy) is 2. The van der Waals surface area contributed by atoms with Crippen molar-refractivity contribution in [3.8, 4) is 0 Å². The van der Waals surface area contributed by atoms with Gasteiger partial charge in [0, 0.05) is 6.42 Å². The first-order valence-corrected chi connectivity index (χ1v) is 4.02. The molecule has 0 aromatic carbocycles. The van der Waals surface area contributed by atoms with Gasteiger partial charge in [0.1, 0.15) is 0 Å². The largest absolute Gasteiger partial charge is 0.458 e. The van der Waals surface area contributed by atoms with Crippen molar-refractivity contribution in [3.05, 3.63) is 11.9 Å². The van der Waals surface area contributed by atoms with Crippen LogP contribution in [-0.4, -0.2) is 25.2 Å². The van der Waals surface area contributed by atoms with Gasteiger partial charge in [-0.1, -0.05) is 0 Å². The van der Waals surface area contributed by atoms with E-state index in [2.05, 4.69) is 9.47 Å². The molecule has 0 fully saturated rings. The van der Waals surface area contributed by atoms with Gasteiger partial charge in [-0.3, -0.25) is 0 Å². The van der Waals surface area contributed by atoms with Gasteiger partial charge >= 0.3 is 18.0 Å². The highest BCUT2D eigenvalue weighted by molar-refractivity contribution is 6.29. The van der Waals surface area contributed by atoms with Crippen molar-refractivity contribution in [3.63, 3.8) is 0 Å².